The zero-order valence-electron chi connectivity index (χ0n) is 9.13. The topological polar surface area (TPSA) is 50.4 Å². The third-order valence-electron chi connectivity index (χ3n) is 1.82. The molecule has 4 nitrogen and oxygen atoms in total. The fourth-order valence-electron chi connectivity index (χ4n) is 1.02. The van der Waals surface area contributed by atoms with Crippen molar-refractivity contribution in [3.63, 3.8) is 0 Å². The smallest absolute Gasteiger partial charge is 0.317 e. The van der Waals surface area contributed by atoms with Gasteiger partial charge in [-0.3, -0.25) is 0 Å². The number of carbonyl (C=O) groups excluding carboxylic acids is 1. The van der Waals surface area contributed by atoms with Gasteiger partial charge in [0.05, 0.1) is 0 Å². The summed E-state index contributed by atoms with van der Waals surface area (Å²) >= 11 is 5.72. The monoisotopic (exact) mass is 242 g/mol. The number of halogens is 1. The minimum atomic E-state index is -0.226. The molecule has 1 aromatic rings. The van der Waals surface area contributed by atoms with Gasteiger partial charge in [-0.25, -0.2) is 4.79 Å². The van der Waals surface area contributed by atoms with E-state index < -0.39 is 0 Å². The van der Waals surface area contributed by atoms with Gasteiger partial charge in [-0.1, -0.05) is 18.5 Å². The molecule has 88 valence electrons. The van der Waals surface area contributed by atoms with Crippen LogP contribution in [0.25, 0.3) is 0 Å². The summed E-state index contributed by atoms with van der Waals surface area (Å²) in [5, 5.41) is 5.91. The molecule has 1 aromatic carbocycles. The molecule has 0 aliphatic heterocycles. The van der Waals surface area contributed by atoms with Crippen LogP contribution in [0, 0.1) is 0 Å². The summed E-state index contributed by atoms with van der Waals surface area (Å²) in [5.74, 6) is 0.667. The lowest BCUT2D eigenvalue weighted by molar-refractivity contribution is 0.224. The van der Waals surface area contributed by atoms with Gasteiger partial charge in [0, 0.05) is 11.6 Å². The summed E-state index contributed by atoms with van der Waals surface area (Å²) in [6.07, 6.45) is 0.908. The van der Waals surface area contributed by atoms with E-state index in [2.05, 4.69) is 10.6 Å². The number of benzene rings is 1. The van der Waals surface area contributed by atoms with Crippen LogP contribution < -0.4 is 15.4 Å². The lowest BCUT2D eigenvalue weighted by atomic mass is 10.3. The number of ether oxygens (including phenoxy) is 1. The zero-order valence-corrected chi connectivity index (χ0v) is 9.88. The van der Waals surface area contributed by atoms with E-state index in [9.17, 15) is 4.79 Å². The first-order valence-electron chi connectivity index (χ1n) is 5.12. The number of rotatable bonds is 5. The van der Waals surface area contributed by atoms with Crippen LogP contribution in [0.2, 0.25) is 5.02 Å². The summed E-state index contributed by atoms with van der Waals surface area (Å²) < 4.78 is 5.28. The SMILES string of the molecule is CCCNC(=O)NCOc1ccc(Cl)cc1. The van der Waals surface area contributed by atoms with Crippen molar-refractivity contribution >= 4 is 17.6 Å². The van der Waals surface area contributed by atoms with Crippen molar-refractivity contribution in [3.8, 4) is 5.75 Å². The van der Waals surface area contributed by atoms with Gasteiger partial charge >= 0.3 is 6.03 Å². The van der Waals surface area contributed by atoms with E-state index in [1.54, 1.807) is 24.3 Å². The van der Waals surface area contributed by atoms with E-state index in [1.807, 2.05) is 6.92 Å². The quantitative estimate of drug-likeness (QED) is 0.779. The second-order valence-electron chi connectivity index (χ2n) is 3.18. The molecule has 5 heteroatoms. The summed E-state index contributed by atoms with van der Waals surface area (Å²) in [5.41, 5.74) is 0. The molecule has 0 radical (unpaired) electrons. The Kier molecular flexibility index (Phi) is 5.50. The average Bonchev–Trinajstić information content (AvgIpc) is 2.29. The number of carbonyl (C=O) groups is 1. The Bertz CT molecular complexity index is 327. The molecule has 0 saturated carbocycles. The van der Waals surface area contributed by atoms with E-state index in [1.165, 1.54) is 0 Å². The lowest BCUT2D eigenvalue weighted by Crippen LogP contribution is -2.37. The third kappa shape index (κ3) is 4.89. The zero-order chi connectivity index (χ0) is 11.8. The van der Waals surface area contributed by atoms with E-state index in [0.717, 1.165) is 6.42 Å². The van der Waals surface area contributed by atoms with Crippen molar-refractivity contribution in [3.05, 3.63) is 29.3 Å². The Morgan fingerprint density at radius 2 is 2.00 bits per heavy atom. The number of hydrogen-bond donors (Lipinski definition) is 2. The number of amides is 2. The van der Waals surface area contributed by atoms with Crippen LogP contribution >= 0.6 is 11.6 Å². The molecule has 0 aliphatic carbocycles. The second kappa shape index (κ2) is 6.95. The normalized spacial score (nSPS) is 9.62. The molecule has 2 N–H and O–H groups in total. The van der Waals surface area contributed by atoms with Gasteiger partial charge in [-0.2, -0.15) is 0 Å². The highest BCUT2D eigenvalue weighted by molar-refractivity contribution is 6.30. The fourth-order valence-corrected chi connectivity index (χ4v) is 1.14. The van der Waals surface area contributed by atoms with Gasteiger partial charge in [0.25, 0.3) is 0 Å². The predicted octanol–water partition coefficient (Wildman–Crippen LogP) is 2.39. The lowest BCUT2D eigenvalue weighted by Gasteiger charge is -2.08. The number of nitrogens with one attached hydrogen (secondary N) is 2. The van der Waals surface area contributed by atoms with E-state index in [-0.39, 0.29) is 12.8 Å². The molecule has 0 spiro atoms. The molecule has 0 aliphatic rings. The minimum Gasteiger partial charge on any atom is -0.473 e. The van der Waals surface area contributed by atoms with Gasteiger partial charge in [0.15, 0.2) is 6.73 Å². The predicted molar refractivity (Wildman–Crippen MR) is 63.8 cm³/mol. The molecule has 0 unspecified atom stereocenters. The van der Waals surface area contributed by atoms with E-state index >= 15 is 0 Å². The Labute approximate surface area is 99.9 Å². The molecule has 0 heterocycles. The number of urea groups is 1. The average molecular weight is 243 g/mol. The fraction of sp³-hybridized carbons (Fsp3) is 0.364. The molecule has 0 saturated heterocycles. The highest BCUT2D eigenvalue weighted by Crippen LogP contribution is 2.14. The third-order valence-corrected chi connectivity index (χ3v) is 2.07. The van der Waals surface area contributed by atoms with Crippen molar-refractivity contribution < 1.29 is 9.53 Å². The van der Waals surface area contributed by atoms with Crippen molar-refractivity contribution in [2.45, 2.75) is 13.3 Å². The molecule has 0 bridgehead atoms. The molecular formula is C11H15ClN2O2. The number of hydrogen-bond acceptors (Lipinski definition) is 2. The Hall–Kier alpha value is -1.42. The molecular weight excluding hydrogens is 228 g/mol. The van der Waals surface area contributed by atoms with Crippen molar-refractivity contribution in [2.24, 2.45) is 0 Å². The summed E-state index contributed by atoms with van der Waals surface area (Å²) in [7, 11) is 0. The first-order valence-corrected chi connectivity index (χ1v) is 5.50. The van der Waals surface area contributed by atoms with Gasteiger partial charge < -0.3 is 15.4 Å². The highest BCUT2D eigenvalue weighted by Gasteiger charge is 1.98. The Morgan fingerprint density at radius 1 is 1.31 bits per heavy atom. The first-order chi connectivity index (χ1) is 7.72. The molecule has 0 fully saturated rings. The van der Waals surface area contributed by atoms with Crippen molar-refractivity contribution in [1.82, 2.24) is 10.6 Å². The van der Waals surface area contributed by atoms with Crippen LogP contribution in [-0.2, 0) is 0 Å². The van der Waals surface area contributed by atoms with Gasteiger partial charge in [0.2, 0.25) is 0 Å². The van der Waals surface area contributed by atoms with Crippen LogP contribution in [-0.4, -0.2) is 19.3 Å². The standard InChI is InChI=1S/C11H15ClN2O2/c1-2-7-13-11(15)14-8-16-10-5-3-9(12)4-6-10/h3-6H,2,7-8H2,1H3,(H2,13,14,15). The Balaban J connectivity index is 2.20. The molecule has 1 rings (SSSR count). The van der Waals surface area contributed by atoms with Gasteiger partial charge in [-0.15, -0.1) is 0 Å². The molecule has 0 atom stereocenters. The molecule has 16 heavy (non-hydrogen) atoms. The summed E-state index contributed by atoms with van der Waals surface area (Å²) in [6, 6.07) is 6.72. The molecule has 0 aromatic heterocycles. The van der Waals surface area contributed by atoms with Crippen LogP contribution in [0.4, 0.5) is 4.79 Å². The summed E-state index contributed by atoms with van der Waals surface area (Å²) in [6.45, 7) is 2.79. The van der Waals surface area contributed by atoms with Crippen LogP contribution in [0.1, 0.15) is 13.3 Å². The summed E-state index contributed by atoms with van der Waals surface area (Å²) in [4.78, 5) is 11.1. The molecule has 2 amide bonds. The largest absolute Gasteiger partial charge is 0.473 e. The van der Waals surface area contributed by atoms with Gasteiger partial charge in [0.1, 0.15) is 5.75 Å². The highest BCUT2D eigenvalue weighted by atomic mass is 35.5. The maximum Gasteiger partial charge on any atom is 0.317 e. The second-order valence-corrected chi connectivity index (χ2v) is 3.61. The van der Waals surface area contributed by atoms with E-state index in [4.69, 9.17) is 16.3 Å². The van der Waals surface area contributed by atoms with Crippen LogP contribution in [0.15, 0.2) is 24.3 Å². The maximum absolute atomic E-state index is 11.1. The van der Waals surface area contributed by atoms with Crippen LogP contribution in [0.5, 0.6) is 5.75 Å². The van der Waals surface area contributed by atoms with Crippen molar-refractivity contribution in [2.75, 3.05) is 13.3 Å². The Morgan fingerprint density at radius 3 is 2.62 bits per heavy atom. The van der Waals surface area contributed by atoms with Gasteiger partial charge in [-0.05, 0) is 30.7 Å². The van der Waals surface area contributed by atoms with E-state index in [0.29, 0.717) is 17.3 Å². The first kappa shape index (κ1) is 12.6. The maximum atomic E-state index is 11.1. The van der Waals surface area contributed by atoms with Crippen molar-refractivity contribution in [1.29, 1.82) is 0 Å². The minimum absolute atomic E-state index is 0.136. The van der Waals surface area contributed by atoms with Crippen LogP contribution in [0.3, 0.4) is 0 Å².